The van der Waals surface area contributed by atoms with E-state index in [4.69, 9.17) is 9.47 Å². The van der Waals surface area contributed by atoms with Gasteiger partial charge in [-0.15, -0.1) is 0 Å². The molecule has 0 aromatic heterocycles. The highest BCUT2D eigenvalue weighted by atomic mass is 16.5. The van der Waals surface area contributed by atoms with Crippen molar-refractivity contribution < 1.29 is 9.47 Å². The molecule has 2 rings (SSSR count). The molecule has 1 aliphatic heterocycles. The lowest BCUT2D eigenvalue weighted by atomic mass is 9.99. The Hall–Kier alpha value is -1.22. The Kier molecular flexibility index (Phi) is 6.87. The quantitative estimate of drug-likeness (QED) is 0.780. The molecule has 1 unspecified atom stereocenters. The monoisotopic (exact) mass is 291 g/mol. The fraction of sp³-hybridized carbons (Fsp3) is 0.667. The molecule has 0 saturated heterocycles. The number of ether oxygens (including phenoxy) is 2. The highest BCUT2D eigenvalue weighted by Crippen LogP contribution is 2.33. The molecule has 0 amide bonds. The Bertz CT molecular complexity index is 420. The predicted molar refractivity (Wildman–Crippen MR) is 87.1 cm³/mol. The molecular formula is C18H29NO2. The maximum atomic E-state index is 5.86. The summed E-state index contributed by atoms with van der Waals surface area (Å²) < 4.78 is 11.6. The van der Waals surface area contributed by atoms with Crippen LogP contribution >= 0.6 is 0 Å². The number of hydrogen-bond acceptors (Lipinski definition) is 3. The minimum absolute atomic E-state index is 0.748. The zero-order chi connectivity index (χ0) is 14.9. The van der Waals surface area contributed by atoms with Gasteiger partial charge in [0, 0.05) is 18.5 Å². The maximum Gasteiger partial charge on any atom is 0.165 e. The Balaban J connectivity index is 1.88. The van der Waals surface area contributed by atoms with Gasteiger partial charge in [0.2, 0.25) is 0 Å². The van der Waals surface area contributed by atoms with Crippen LogP contribution in [0.1, 0.15) is 51.5 Å². The fourth-order valence-corrected chi connectivity index (χ4v) is 2.75. The van der Waals surface area contributed by atoms with Gasteiger partial charge in [0.25, 0.3) is 0 Å². The van der Waals surface area contributed by atoms with Crippen LogP contribution < -0.4 is 14.8 Å². The molecule has 0 spiro atoms. The van der Waals surface area contributed by atoms with E-state index in [9.17, 15) is 0 Å². The van der Waals surface area contributed by atoms with E-state index in [0.29, 0.717) is 0 Å². The van der Waals surface area contributed by atoms with E-state index in [-0.39, 0.29) is 0 Å². The third-order valence-electron chi connectivity index (χ3n) is 4.14. The number of benzene rings is 1. The summed E-state index contributed by atoms with van der Waals surface area (Å²) in [6.45, 7) is 7.98. The molecule has 0 aliphatic carbocycles. The van der Waals surface area contributed by atoms with Crippen molar-refractivity contribution in [2.75, 3.05) is 19.8 Å². The van der Waals surface area contributed by atoms with Crippen LogP contribution in [0.2, 0.25) is 0 Å². The average Bonchev–Trinajstić information content (AvgIpc) is 2.76. The molecule has 1 aromatic rings. The second-order valence-electron chi connectivity index (χ2n) is 5.84. The number of rotatable bonds is 8. The van der Waals surface area contributed by atoms with Crippen molar-refractivity contribution in [1.29, 1.82) is 0 Å². The van der Waals surface area contributed by atoms with E-state index >= 15 is 0 Å². The summed E-state index contributed by atoms with van der Waals surface area (Å²) in [5.74, 6) is 2.61. The lowest BCUT2D eigenvalue weighted by Gasteiger charge is -2.17. The summed E-state index contributed by atoms with van der Waals surface area (Å²) in [5, 5.41) is 3.60. The van der Waals surface area contributed by atoms with Gasteiger partial charge in [-0.05, 0) is 24.9 Å². The van der Waals surface area contributed by atoms with Gasteiger partial charge in [-0.3, -0.25) is 0 Å². The largest absolute Gasteiger partial charge is 0.490 e. The summed E-state index contributed by atoms with van der Waals surface area (Å²) in [6.07, 6.45) is 6.15. The van der Waals surface area contributed by atoms with Crippen molar-refractivity contribution in [3.63, 3.8) is 0 Å². The SMILES string of the molecule is CCCCC(CC)CNCc1cccc2c1OCCCO2. The lowest BCUT2D eigenvalue weighted by Crippen LogP contribution is -2.22. The number of fused-ring (bicyclic) bond motifs is 1. The van der Waals surface area contributed by atoms with Gasteiger partial charge in [0.1, 0.15) is 0 Å². The van der Waals surface area contributed by atoms with Crippen molar-refractivity contribution in [3.8, 4) is 11.5 Å². The molecule has 3 nitrogen and oxygen atoms in total. The maximum absolute atomic E-state index is 5.86. The van der Waals surface area contributed by atoms with Gasteiger partial charge in [0.15, 0.2) is 11.5 Å². The van der Waals surface area contributed by atoms with Gasteiger partial charge in [0.05, 0.1) is 13.2 Å². The topological polar surface area (TPSA) is 30.5 Å². The van der Waals surface area contributed by atoms with E-state index in [0.717, 1.165) is 50.1 Å². The van der Waals surface area contributed by atoms with E-state index in [1.165, 1.54) is 31.2 Å². The van der Waals surface area contributed by atoms with Crippen LogP contribution in [0.3, 0.4) is 0 Å². The van der Waals surface area contributed by atoms with Gasteiger partial charge in [-0.1, -0.05) is 45.2 Å². The minimum atomic E-state index is 0.748. The summed E-state index contributed by atoms with van der Waals surface area (Å²) in [7, 11) is 0. The second-order valence-corrected chi connectivity index (χ2v) is 5.84. The molecule has 1 aliphatic rings. The molecule has 1 aromatic carbocycles. The molecule has 0 bridgehead atoms. The van der Waals surface area contributed by atoms with Crippen LogP contribution in [-0.2, 0) is 6.54 Å². The highest BCUT2D eigenvalue weighted by Gasteiger charge is 2.14. The summed E-state index contributed by atoms with van der Waals surface area (Å²) in [6, 6.07) is 6.19. The molecular weight excluding hydrogens is 262 g/mol. The third kappa shape index (κ3) is 4.92. The first-order valence-corrected chi connectivity index (χ1v) is 8.43. The number of unbranched alkanes of at least 4 members (excludes halogenated alkanes) is 1. The molecule has 1 heterocycles. The first kappa shape index (κ1) is 16.2. The van der Waals surface area contributed by atoms with E-state index in [1.54, 1.807) is 0 Å². The Morgan fingerprint density at radius 3 is 2.86 bits per heavy atom. The Morgan fingerprint density at radius 1 is 1.19 bits per heavy atom. The number of nitrogens with one attached hydrogen (secondary N) is 1. The zero-order valence-corrected chi connectivity index (χ0v) is 13.5. The first-order valence-electron chi connectivity index (χ1n) is 8.43. The average molecular weight is 291 g/mol. The van der Waals surface area contributed by atoms with Crippen LogP contribution in [0.4, 0.5) is 0 Å². The summed E-state index contributed by atoms with van der Waals surface area (Å²) in [4.78, 5) is 0. The molecule has 3 heteroatoms. The van der Waals surface area contributed by atoms with Crippen molar-refractivity contribution in [3.05, 3.63) is 23.8 Å². The van der Waals surface area contributed by atoms with Gasteiger partial charge < -0.3 is 14.8 Å². The molecule has 21 heavy (non-hydrogen) atoms. The van der Waals surface area contributed by atoms with Crippen molar-refractivity contribution >= 4 is 0 Å². The van der Waals surface area contributed by atoms with E-state index in [2.05, 4.69) is 31.3 Å². The Morgan fingerprint density at radius 2 is 2.05 bits per heavy atom. The van der Waals surface area contributed by atoms with Gasteiger partial charge in [-0.2, -0.15) is 0 Å². The third-order valence-corrected chi connectivity index (χ3v) is 4.14. The van der Waals surface area contributed by atoms with Crippen LogP contribution in [0.15, 0.2) is 18.2 Å². The molecule has 118 valence electrons. The lowest BCUT2D eigenvalue weighted by molar-refractivity contribution is 0.295. The minimum Gasteiger partial charge on any atom is -0.490 e. The first-order chi connectivity index (χ1) is 10.3. The van der Waals surface area contributed by atoms with Crippen LogP contribution in [0.25, 0.3) is 0 Å². The smallest absolute Gasteiger partial charge is 0.165 e. The van der Waals surface area contributed by atoms with Crippen molar-refractivity contribution in [1.82, 2.24) is 5.32 Å². The predicted octanol–water partition coefficient (Wildman–Crippen LogP) is 4.15. The standard InChI is InChI=1S/C18H29NO2/c1-3-5-8-15(4-2)13-19-14-16-9-6-10-17-18(16)21-12-7-11-20-17/h6,9-10,15,19H,3-5,7-8,11-14H2,1-2H3. The molecule has 0 saturated carbocycles. The normalized spacial score (nSPS) is 15.5. The summed E-state index contributed by atoms with van der Waals surface area (Å²) in [5.41, 5.74) is 1.21. The Labute approximate surface area is 129 Å². The van der Waals surface area contributed by atoms with Crippen LogP contribution in [-0.4, -0.2) is 19.8 Å². The fourth-order valence-electron chi connectivity index (χ4n) is 2.75. The van der Waals surface area contributed by atoms with Crippen molar-refractivity contribution in [2.45, 2.75) is 52.5 Å². The molecule has 1 N–H and O–H groups in total. The van der Waals surface area contributed by atoms with Gasteiger partial charge >= 0.3 is 0 Å². The molecule has 1 atom stereocenters. The zero-order valence-electron chi connectivity index (χ0n) is 13.5. The highest BCUT2D eigenvalue weighted by molar-refractivity contribution is 5.47. The van der Waals surface area contributed by atoms with E-state index in [1.807, 2.05) is 6.07 Å². The molecule has 0 radical (unpaired) electrons. The van der Waals surface area contributed by atoms with E-state index < -0.39 is 0 Å². The number of hydrogen-bond donors (Lipinski definition) is 1. The second kappa shape index (κ2) is 8.93. The van der Waals surface area contributed by atoms with Gasteiger partial charge in [-0.25, -0.2) is 0 Å². The summed E-state index contributed by atoms with van der Waals surface area (Å²) >= 11 is 0. The van der Waals surface area contributed by atoms with Crippen LogP contribution in [0.5, 0.6) is 11.5 Å². The van der Waals surface area contributed by atoms with Crippen LogP contribution in [0, 0.1) is 5.92 Å². The van der Waals surface area contributed by atoms with Crippen molar-refractivity contribution in [2.24, 2.45) is 5.92 Å². The molecule has 0 fully saturated rings. The number of para-hydroxylation sites is 1.